The lowest BCUT2D eigenvalue weighted by Gasteiger charge is -2.08. The molecule has 4 heterocycles. The first-order chi connectivity index (χ1) is 15.0. The van der Waals surface area contributed by atoms with Gasteiger partial charge in [-0.3, -0.25) is 9.48 Å². The Bertz CT molecular complexity index is 1430. The molecule has 0 fully saturated rings. The maximum absolute atomic E-state index is 15.0. The minimum atomic E-state index is -0.648. The number of benzene rings is 1. The van der Waals surface area contributed by atoms with E-state index >= 15 is 0 Å². The Morgan fingerprint density at radius 2 is 2.06 bits per heavy atom. The summed E-state index contributed by atoms with van der Waals surface area (Å²) in [4.78, 5) is 16.9. The van der Waals surface area contributed by atoms with Gasteiger partial charge >= 0.3 is 0 Å². The number of nitrogens with one attached hydrogen (secondary N) is 1. The van der Waals surface area contributed by atoms with Gasteiger partial charge in [-0.1, -0.05) is 11.2 Å². The molecule has 0 spiro atoms. The SMILES string of the molecule is Cc1nc(-c2cccc(NC(=O)c3cnn4cc(-c5ccn(C)n5)ccc34)c2F)no1. The van der Waals surface area contributed by atoms with Crippen LogP contribution in [0.2, 0.25) is 0 Å². The van der Waals surface area contributed by atoms with Crippen molar-refractivity contribution in [3.8, 4) is 22.6 Å². The van der Waals surface area contributed by atoms with E-state index in [0.717, 1.165) is 11.3 Å². The molecule has 9 nitrogen and oxygen atoms in total. The average Bonchev–Trinajstić information content (AvgIpc) is 3.48. The molecule has 5 rings (SSSR count). The van der Waals surface area contributed by atoms with Crippen molar-refractivity contribution in [2.45, 2.75) is 6.92 Å². The van der Waals surface area contributed by atoms with Gasteiger partial charge in [-0.2, -0.15) is 15.2 Å². The van der Waals surface area contributed by atoms with Crippen LogP contribution >= 0.6 is 0 Å². The van der Waals surface area contributed by atoms with Crippen LogP contribution in [0.5, 0.6) is 0 Å². The molecule has 1 amide bonds. The van der Waals surface area contributed by atoms with Crippen molar-refractivity contribution in [3.05, 3.63) is 72.3 Å². The van der Waals surface area contributed by atoms with Crippen molar-refractivity contribution in [2.75, 3.05) is 5.32 Å². The summed E-state index contributed by atoms with van der Waals surface area (Å²) in [5.41, 5.74) is 2.69. The first kappa shape index (κ1) is 18.7. The van der Waals surface area contributed by atoms with Gasteiger partial charge in [-0.25, -0.2) is 8.91 Å². The second kappa shape index (κ2) is 7.17. The fourth-order valence-electron chi connectivity index (χ4n) is 3.28. The number of hydrogen-bond donors (Lipinski definition) is 1. The maximum Gasteiger partial charge on any atom is 0.259 e. The zero-order valence-corrected chi connectivity index (χ0v) is 16.6. The Hall–Kier alpha value is -4.34. The second-order valence-corrected chi connectivity index (χ2v) is 6.94. The van der Waals surface area contributed by atoms with E-state index in [1.54, 1.807) is 34.5 Å². The number of anilines is 1. The van der Waals surface area contributed by atoms with E-state index in [4.69, 9.17) is 4.52 Å². The molecule has 0 bridgehead atoms. The van der Waals surface area contributed by atoms with Gasteiger partial charge in [0.25, 0.3) is 5.91 Å². The molecule has 1 aromatic carbocycles. The zero-order valence-electron chi connectivity index (χ0n) is 16.6. The molecule has 5 aromatic rings. The van der Waals surface area contributed by atoms with E-state index in [9.17, 15) is 9.18 Å². The number of aryl methyl sites for hydroxylation is 2. The van der Waals surface area contributed by atoms with Crippen LogP contribution in [0.4, 0.5) is 10.1 Å². The van der Waals surface area contributed by atoms with E-state index in [-0.39, 0.29) is 17.1 Å². The van der Waals surface area contributed by atoms with Gasteiger partial charge in [0.15, 0.2) is 5.82 Å². The first-order valence-corrected chi connectivity index (χ1v) is 9.37. The summed E-state index contributed by atoms with van der Waals surface area (Å²) in [5.74, 6) is -0.698. The van der Waals surface area contributed by atoms with Gasteiger partial charge in [-0.05, 0) is 30.3 Å². The number of pyridine rings is 1. The molecule has 154 valence electrons. The lowest BCUT2D eigenvalue weighted by atomic mass is 10.1. The van der Waals surface area contributed by atoms with Gasteiger partial charge < -0.3 is 9.84 Å². The number of hydrogen-bond acceptors (Lipinski definition) is 6. The standard InChI is InChI=1S/C21H16FN7O2/c1-12-24-20(27-31-12)14-4-3-5-17(19(14)22)25-21(30)15-10-23-29-11-13(6-7-18(15)29)16-8-9-28(2)26-16/h3-11H,1-2H3,(H,25,30). The monoisotopic (exact) mass is 417 g/mol. The lowest BCUT2D eigenvalue weighted by molar-refractivity contribution is 0.102. The number of aromatic nitrogens is 6. The fourth-order valence-corrected chi connectivity index (χ4v) is 3.28. The highest BCUT2D eigenvalue weighted by molar-refractivity contribution is 6.09. The van der Waals surface area contributed by atoms with Crippen molar-refractivity contribution < 1.29 is 13.7 Å². The van der Waals surface area contributed by atoms with E-state index in [1.165, 1.54) is 18.3 Å². The molecule has 0 aliphatic heterocycles. The number of fused-ring (bicyclic) bond motifs is 1. The van der Waals surface area contributed by atoms with Gasteiger partial charge in [0.1, 0.15) is 0 Å². The molecule has 0 atom stereocenters. The van der Waals surface area contributed by atoms with Gasteiger partial charge in [0.05, 0.1) is 34.2 Å². The number of amides is 1. The molecular weight excluding hydrogens is 401 g/mol. The third-order valence-electron chi connectivity index (χ3n) is 4.79. The van der Waals surface area contributed by atoms with Crippen LogP contribution in [0.1, 0.15) is 16.2 Å². The third-order valence-corrected chi connectivity index (χ3v) is 4.79. The largest absolute Gasteiger partial charge is 0.339 e. The van der Waals surface area contributed by atoms with E-state index in [1.807, 2.05) is 25.4 Å². The smallest absolute Gasteiger partial charge is 0.259 e. The normalized spacial score (nSPS) is 11.2. The number of carbonyl (C=O) groups is 1. The number of halogens is 1. The van der Waals surface area contributed by atoms with Crippen molar-refractivity contribution in [1.29, 1.82) is 0 Å². The molecule has 0 aliphatic rings. The predicted molar refractivity (Wildman–Crippen MR) is 110 cm³/mol. The Kier molecular flexibility index (Phi) is 4.32. The van der Waals surface area contributed by atoms with Crippen molar-refractivity contribution in [2.24, 2.45) is 7.05 Å². The Morgan fingerprint density at radius 1 is 1.19 bits per heavy atom. The Labute approximate surface area is 175 Å². The van der Waals surface area contributed by atoms with Gasteiger partial charge in [0.2, 0.25) is 11.7 Å². The highest BCUT2D eigenvalue weighted by Crippen LogP contribution is 2.27. The van der Waals surface area contributed by atoms with E-state index < -0.39 is 11.7 Å². The third kappa shape index (κ3) is 3.33. The number of rotatable bonds is 4. The van der Waals surface area contributed by atoms with Crippen LogP contribution in [0, 0.1) is 12.7 Å². The summed E-state index contributed by atoms with van der Waals surface area (Å²) in [6.07, 6.45) is 5.07. The van der Waals surface area contributed by atoms with Gasteiger partial charge in [-0.15, -0.1) is 0 Å². The minimum absolute atomic E-state index is 0.00871. The predicted octanol–water partition coefficient (Wildman–Crippen LogP) is 3.48. The summed E-state index contributed by atoms with van der Waals surface area (Å²) >= 11 is 0. The zero-order chi connectivity index (χ0) is 21.5. The fraction of sp³-hybridized carbons (Fsp3) is 0.0952. The summed E-state index contributed by atoms with van der Waals surface area (Å²) in [6.45, 7) is 1.62. The molecule has 0 saturated carbocycles. The van der Waals surface area contributed by atoms with Crippen LogP contribution in [0.15, 0.2) is 59.5 Å². The Balaban J connectivity index is 1.44. The van der Waals surface area contributed by atoms with Crippen LogP contribution in [-0.4, -0.2) is 35.4 Å². The summed E-state index contributed by atoms with van der Waals surface area (Å²) in [6, 6.07) is 10.1. The highest BCUT2D eigenvalue weighted by atomic mass is 19.1. The Morgan fingerprint density at radius 3 is 2.81 bits per heavy atom. The molecule has 0 unspecified atom stereocenters. The second-order valence-electron chi connectivity index (χ2n) is 6.94. The molecule has 0 aliphatic carbocycles. The lowest BCUT2D eigenvalue weighted by Crippen LogP contribution is -2.13. The highest BCUT2D eigenvalue weighted by Gasteiger charge is 2.19. The number of nitrogens with zero attached hydrogens (tertiary/aromatic N) is 6. The molecule has 4 aromatic heterocycles. The first-order valence-electron chi connectivity index (χ1n) is 9.37. The average molecular weight is 417 g/mol. The molecular formula is C21H16FN7O2. The van der Waals surface area contributed by atoms with Crippen molar-refractivity contribution in [1.82, 2.24) is 29.5 Å². The summed E-state index contributed by atoms with van der Waals surface area (Å²) in [5, 5.41) is 15.0. The van der Waals surface area contributed by atoms with E-state index in [0.29, 0.717) is 17.0 Å². The van der Waals surface area contributed by atoms with E-state index in [2.05, 4.69) is 25.7 Å². The molecule has 1 N–H and O–H groups in total. The maximum atomic E-state index is 15.0. The quantitative estimate of drug-likeness (QED) is 0.480. The van der Waals surface area contributed by atoms with Crippen LogP contribution in [0.25, 0.3) is 28.2 Å². The van der Waals surface area contributed by atoms with Crippen molar-refractivity contribution >= 4 is 17.1 Å². The summed E-state index contributed by atoms with van der Waals surface area (Å²) in [7, 11) is 1.84. The van der Waals surface area contributed by atoms with Crippen molar-refractivity contribution in [3.63, 3.8) is 0 Å². The molecule has 0 saturated heterocycles. The van der Waals surface area contributed by atoms with Crippen LogP contribution in [0.3, 0.4) is 0 Å². The number of carbonyl (C=O) groups excluding carboxylic acids is 1. The molecule has 31 heavy (non-hydrogen) atoms. The van der Waals surface area contributed by atoms with Crippen LogP contribution in [-0.2, 0) is 7.05 Å². The molecule has 0 radical (unpaired) electrons. The van der Waals surface area contributed by atoms with Crippen LogP contribution < -0.4 is 5.32 Å². The minimum Gasteiger partial charge on any atom is -0.339 e. The summed E-state index contributed by atoms with van der Waals surface area (Å²) < 4.78 is 23.2. The molecule has 10 heteroatoms. The topological polar surface area (TPSA) is 103 Å². The van der Waals surface area contributed by atoms with Gasteiger partial charge in [0, 0.05) is 31.9 Å².